The summed E-state index contributed by atoms with van der Waals surface area (Å²) in [6.07, 6.45) is 2.97. The number of carboxylic acid groups (broad SMARTS) is 1. The first-order valence-electron chi connectivity index (χ1n) is 12.8. The number of hydrogen-bond donors (Lipinski definition) is 4. The van der Waals surface area contributed by atoms with Crippen LogP contribution in [-0.2, 0) is 16.0 Å². The molecule has 7 heteroatoms. The molecule has 3 aromatic rings. The predicted molar refractivity (Wildman–Crippen MR) is 147 cm³/mol. The monoisotopic (exact) mass is 498 g/mol. The molecule has 0 bridgehead atoms. The van der Waals surface area contributed by atoms with Crippen LogP contribution in [0.15, 0.2) is 78.9 Å². The number of carbonyl (C=O) groups excluding carboxylic acids is 1. The van der Waals surface area contributed by atoms with Crippen LogP contribution < -0.4 is 11.1 Å². The largest absolute Gasteiger partial charge is 0.481 e. The molecule has 0 unspecified atom stereocenters. The van der Waals surface area contributed by atoms with Crippen LogP contribution >= 0.6 is 0 Å². The molecule has 0 saturated carbocycles. The van der Waals surface area contributed by atoms with Crippen molar-refractivity contribution in [3.8, 4) is 11.1 Å². The van der Waals surface area contributed by atoms with E-state index in [-0.39, 0.29) is 24.2 Å². The predicted octanol–water partition coefficient (Wildman–Crippen LogP) is 4.76. The highest BCUT2D eigenvalue weighted by Gasteiger charge is 2.39. The third-order valence-corrected chi connectivity index (χ3v) is 6.96. The third-order valence-electron chi connectivity index (χ3n) is 6.96. The van der Waals surface area contributed by atoms with Crippen LogP contribution in [-0.4, -0.2) is 46.8 Å². The zero-order valence-electron chi connectivity index (χ0n) is 20.9. The number of aryl methyl sites for hydroxylation is 1. The van der Waals surface area contributed by atoms with Crippen molar-refractivity contribution in [1.82, 2.24) is 4.90 Å². The van der Waals surface area contributed by atoms with Crippen LogP contribution in [0.25, 0.3) is 11.1 Å². The van der Waals surface area contributed by atoms with E-state index in [1.807, 2.05) is 65.6 Å². The first-order chi connectivity index (χ1) is 17.9. The summed E-state index contributed by atoms with van der Waals surface area (Å²) in [6.45, 7) is 1.32. The number of amidine groups is 1. The highest BCUT2D eigenvalue weighted by Crippen LogP contribution is 2.30. The number of aliphatic carboxylic acids is 1. The minimum Gasteiger partial charge on any atom is -0.481 e. The molecule has 0 radical (unpaired) electrons. The normalized spacial score (nSPS) is 17.1. The molecule has 1 amide bonds. The molecule has 7 nitrogen and oxygen atoms in total. The number of carboxylic acids is 1. The van der Waals surface area contributed by atoms with Crippen molar-refractivity contribution in [3.05, 3.63) is 90.0 Å². The number of anilines is 1. The van der Waals surface area contributed by atoms with Crippen LogP contribution in [0, 0.1) is 11.3 Å². The second kappa shape index (κ2) is 12.2. The van der Waals surface area contributed by atoms with E-state index < -0.39 is 11.9 Å². The maximum atomic E-state index is 13.0. The van der Waals surface area contributed by atoms with E-state index in [1.54, 1.807) is 0 Å². The standard InChI is InChI=1S/C30H34N4O3/c31-29(32)23-13-11-22(12-14-23)24-9-4-10-26(18-24)33-16-15-27-19-25(20-28(35)36)30(37)34(27)17-5-8-21-6-2-1-3-7-21/h1-4,6-7,9-14,18,25,27,33H,5,8,15-17,19-20H2,(H3,31,32)(H,35,36)/t25-,27+/m0/s1. The second-order valence-electron chi connectivity index (χ2n) is 9.59. The molecule has 192 valence electrons. The van der Waals surface area contributed by atoms with Crippen molar-refractivity contribution >= 4 is 23.4 Å². The van der Waals surface area contributed by atoms with Gasteiger partial charge in [0.25, 0.3) is 0 Å². The smallest absolute Gasteiger partial charge is 0.304 e. The molecule has 2 atom stereocenters. The Balaban J connectivity index is 1.36. The van der Waals surface area contributed by atoms with Gasteiger partial charge in [0.1, 0.15) is 5.84 Å². The minimum atomic E-state index is -0.922. The summed E-state index contributed by atoms with van der Waals surface area (Å²) in [5.74, 6) is -1.35. The fraction of sp³-hybridized carbons (Fsp3) is 0.300. The van der Waals surface area contributed by atoms with E-state index in [1.165, 1.54) is 5.56 Å². The number of benzene rings is 3. The van der Waals surface area contributed by atoms with Crippen molar-refractivity contribution in [1.29, 1.82) is 5.41 Å². The molecular formula is C30H34N4O3. The number of nitrogen functional groups attached to an aromatic ring is 1. The Hall–Kier alpha value is -4.13. The number of amides is 1. The average Bonchev–Trinajstić information content (AvgIpc) is 3.18. The molecule has 1 heterocycles. The van der Waals surface area contributed by atoms with Gasteiger partial charge < -0.3 is 21.1 Å². The minimum absolute atomic E-state index is 0.0300. The molecule has 0 aromatic heterocycles. The summed E-state index contributed by atoms with van der Waals surface area (Å²) in [5, 5.41) is 20.3. The van der Waals surface area contributed by atoms with Crippen molar-refractivity contribution in [2.75, 3.05) is 18.4 Å². The Kier molecular flexibility index (Phi) is 8.56. The van der Waals surface area contributed by atoms with Gasteiger partial charge in [-0.2, -0.15) is 0 Å². The average molecular weight is 499 g/mol. The fourth-order valence-electron chi connectivity index (χ4n) is 5.05. The Morgan fingerprint density at radius 1 is 1.03 bits per heavy atom. The lowest BCUT2D eigenvalue weighted by atomic mass is 10.00. The van der Waals surface area contributed by atoms with Crippen LogP contribution in [0.3, 0.4) is 0 Å². The molecule has 0 spiro atoms. The van der Waals surface area contributed by atoms with E-state index in [2.05, 4.69) is 23.5 Å². The lowest BCUT2D eigenvalue weighted by Gasteiger charge is -2.25. The number of nitrogens with one attached hydrogen (secondary N) is 2. The first-order valence-corrected chi connectivity index (χ1v) is 12.8. The number of carbonyl (C=O) groups is 2. The number of nitrogens with zero attached hydrogens (tertiary/aromatic N) is 1. The summed E-state index contributed by atoms with van der Waals surface area (Å²) < 4.78 is 0. The second-order valence-corrected chi connectivity index (χ2v) is 9.59. The Bertz CT molecular complexity index is 1230. The molecule has 1 saturated heterocycles. The molecule has 0 aliphatic carbocycles. The van der Waals surface area contributed by atoms with Crippen molar-refractivity contribution < 1.29 is 14.7 Å². The van der Waals surface area contributed by atoms with Gasteiger partial charge in [0, 0.05) is 30.4 Å². The van der Waals surface area contributed by atoms with Crippen molar-refractivity contribution in [2.24, 2.45) is 11.7 Å². The van der Waals surface area contributed by atoms with Gasteiger partial charge in [0.2, 0.25) is 5.91 Å². The van der Waals surface area contributed by atoms with Gasteiger partial charge in [-0.1, -0.05) is 66.7 Å². The Morgan fingerprint density at radius 3 is 2.49 bits per heavy atom. The van der Waals surface area contributed by atoms with E-state index >= 15 is 0 Å². The molecule has 3 aromatic carbocycles. The summed E-state index contributed by atoms with van der Waals surface area (Å²) >= 11 is 0. The van der Waals surface area contributed by atoms with Gasteiger partial charge >= 0.3 is 5.97 Å². The van der Waals surface area contributed by atoms with Crippen LogP contribution in [0.1, 0.15) is 36.8 Å². The van der Waals surface area contributed by atoms with Crippen LogP contribution in [0.5, 0.6) is 0 Å². The highest BCUT2D eigenvalue weighted by molar-refractivity contribution is 5.95. The summed E-state index contributed by atoms with van der Waals surface area (Å²) in [6, 6.07) is 25.9. The number of likely N-dealkylation sites (tertiary alicyclic amines) is 1. The van der Waals surface area contributed by atoms with Gasteiger partial charge in [0.15, 0.2) is 0 Å². The number of hydrogen-bond acceptors (Lipinski definition) is 4. The summed E-state index contributed by atoms with van der Waals surface area (Å²) in [4.78, 5) is 26.2. The molecular weight excluding hydrogens is 464 g/mol. The first kappa shape index (κ1) is 25.9. The molecule has 4 rings (SSSR count). The topological polar surface area (TPSA) is 120 Å². The third kappa shape index (κ3) is 6.97. The van der Waals surface area contributed by atoms with E-state index in [0.29, 0.717) is 25.1 Å². The van der Waals surface area contributed by atoms with Crippen LogP contribution in [0.2, 0.25) is 0 Å². The zero-order valence-corrected chi connectivity index (χ0v) is 20.9. The maximum Gasteiger partial charge on any atom is 0.304 e. The zero-order chi connectivity index (χ0) is 26.2. The fourth-order valence-corrected chi connectivity index (χ4v) is 5.05. The lowest BCUT2D eigenvalue weighted by Crippen LogP contribution is -2.36. The SMILES string of the molecule is N=C(N)c1ccc(-c2cccc(NCC[C@@H]3C[C@@H](CC(=O)O)C(=O)N3CCCc3ccccc3)c2)cc1. The number of nitrogens with two attached hydrogens (primary N) is 1. The Labute approximate surface area is 217 Å². The molecule has 37 heavy (non-hydrogen) atoms. The van der Waals surface area contributed by atoms with Crippen molar-refractivity contribution in [2.45, 2.75) is 38.1 Å². The molecule has 1 aliphatic rings. The molecule has 1 aliphatic heterocycles. The van der Waals surface area contributed by atoms with Gasteiger partial charge in [-0.05, 0) is 54.5 Å². The highest BCUT2D eigenvalue weighted by atomic mass is 16.4. The quantitative estimate of drug-likeness (QED) is 0.212. The van der Waals surface area contributed by atoms with Gasteiger partial charge in [-0.25, -0.2) is 0 Å². The molecule has 1 fully saturated rings. The number of rotatable bonds is 12. The maximum absolute atomic E-state index is 13.0. The summed E-state index contributed by atoms with van der Waals surface area (Å²) in [5.41, 5.74) is 10.6. The van der Waals surface area contributed by atoms with Gasteiger partial charge in [-0.15, -0.1) is 0 Å². The van der Waals surface area contributed by atoms with Gasteiger partial charge in [-0.3, -0.25) is 15.0 Å². The van der Waals surface area contributed by atoms with E-state index in [0.717, 1.165) is 36.1 Å². The summed E-state index contributed by atoms with van der Waals surface area (Å²) in [7, 11) is 0. The van der Waals surface area contributed by atoms with E-state index in [4.69, 9.17) is 11.1 Å². The van der Waals surface area contributed by atoms with Crippen molar-refractivity contribution in [3.63, 3.8) is 0 Å². The van der Waals surface area contributed by atoms with E-state index in [9.17, 15) is 14.7 Å². The van der Waals surface area contributed by atoms with Crippen LogP contribution in [0.4, 0.5) is 5.69 Å². The lowest BCUT2D eigenvalue weighted by molar-refractivity contribution is -0.142. The molecule has 5 N–H and O–H groups in total. The van der Waals surface area contributed by atoms with Gasteiger partial charge in [0.05, 0.1) is 12.3 Å². The Morgan fingerprint density at radius 2 is 1.78 bits per heavy atom.